The van der Waals surface area contributed by atoms with Gasteiger partial charge in [0.2, 0.25) is 0 Å². The number of nitrogens with zero attached hydrogens (tertiary/aromatic N) is 1. The zero-order valence-electron chi connectivity index (χ0n) is 21.7. The molecule has 0 aliphatic carbocycles. The van der Waals surface area contributed by atoms with Crippen molar-refractivity contribution in [1.29, 1.82) is 0 Å². The summed E-state index contributed by atoms with van der Waals surface area (Å²) >= 11 is 0. The minimum atomic E-state index is -0.353. The van der Waals surface area contributed by atoms with Crippen molar-refractivity contribution in [3.8, 4) is 17.2 Å². The number of carbonyl (C=O) groups is 1. The van der Waals surface area contributed by atoms with E-state index in [1.807, 2.05) is 32.9 Å². The predicted molar refractivity (Wildman–Crippen MR) is 146 cm³/mol. The molecule has 0 spiro atoms. The summed E-state index contributed by atoms with van der Waals surface area (Å²) < 4.78 is 12.5. The van der Waals surface area contributed by atoms with E-state index in [2.05, 4.69) is 17.2 Å². The van der Waals surface area contributed by atoms with Gasteiger partial charge in [-0.25, -0.2) is 4.99 Å². The van der Waals surface area contributed by atoms with E-state index in [1.54, 1.807) is 36.4 Å². The third-order valence-corrected chi connectivity index (χ3v) is 6.97. The molecule has 0 fully saturated rings. The monoisotopic (exact) mass is 502 g/mol. The first-order valence-corrected chi connectivity index (χ1v) is 12.3. The summed E-state index contributed by atoms with van der Waals surface area (Å²) in [4.78, 5) is 16.6. The molecule has 3 aromatic carbocycles. The highest BCUT2D eigenvalue weighted by Gasteiger charge is 2.34. The average molecular weight is 503 g/mol. The lowest BCUT2D eigenvalue weighted by atomic mass is 9.86. The number of nitrogens with one attached hydrogen (secondary N) is 1. The van der Waals surface area contributed by atoms with Gasteiger partial charge in [0.05, 0.1) is 12.3 Å². The number of aromatic hydroxyl groups is 1. The third kappa shape index (κ3) is 5.80. The van der Waals surface area contributed by atoms with Crippen molar-refractivity contribution in [2.75, 3.05) is 11.9 Å². The van der Waals surface area contributed by atoms with E-state index in [-0.39, 0.29) is 17.5 Å². The number of aliphatic imine (C=N–C) groups is 1. The molecule has 1 amide bonds. The van der Waals surface area contributed by atoms with Crippen LogP contribution in [-0.2, 0) is 6.42 Å². The van der Waals surface area contributed by atoms with Crippen molar-refractivity contribution < 1.29 is 19.4 Å². The number of fused-ring (bicyclic) bond motifs is 1. The fourth-order valence-corrected chi connectivity index (χ4v) is 4.56. The van der Waals surface area contributed by atoms with Crippen molar-refractivity contribution in [1.82, 2.24) is 0 Å². The molecule has 0 radical (unpaired) electrons. The van der Waals surface area contributed by atoms with Crippen molar-refractivity contribution in [2.24, 2.45) is 16.5 Å². The summed E-state index contributed by atoms with van der Waals surface area (Å²) in [5, 5.41) is 13.3. The molecule has 0 bridgehead atoms. The number of amides is 1. The Morgan fingerprint density at radius 2 is 1.84 bits per heavy atom. The van der Waals surface area contributed by atoms with Crippen LogP contribution in [0, 0.1) is 20.8 Å². The Kier molecular flexibility index (Phi) is 7.29. The number of hydrogen-bond donors (Lipinski definition) is 4. The molecule has 1 atom stereocenters. The fourth-order valence-electron chi connectivity index (χ4n) is 4.56. The lowest BCUT2D eigenvalue weighted by Gasteiger charge is -2.38. The SMILES string of the molecule is Cc1c(C)c2c(c(C)c1O)CCC(C)(CCOc1ccc(NC(=O)c3cccc(N=C(N)N)c3)cc1)O2. The van der Waals surface area contributed by atoms with E-state index in [4.69, 9.17) is 20.9 Å². The zero-order valence-corrected chi connectivity index (χ0v) is 21.7. The number of nitrogens with two attached hydrogens (primary N) is 2. The molecule has 0 saturated carbocycles. The van der Waals surface area contributed by atoms with Crippen LogP contribution in [0.2, 0.25) is 0 Å². The number of rotatable bonds is 7. The molecule has 1 aliphatic rings. The largest absolute Gasteiger partial charge is 0.507 e. The van der Waals surface area contributed by atoms with Crippen LogP contribution in [-0.4, -0.2) is 29.2 Å². The number of hydrogen-bond acceptors (Lipinski definition) is 5. The van der Waals surface area contributed by atoms with Crippen LogP contribution in [0.15, 0.2) is 53.5 Å². The van der Waals surface area contributed by atoms with Gasteiger partial charge in [-0.1, -0.05) is 6.07 Å². The van der Waals surface area contributed by atoms with Gasteiger partial charge in [-0.05, 0) is 99.7 Å². The number of ether oxygens (including phenoxy) is 2. The molecule has 8 heteroatoms. The van der Waals surface area contributed by atoms with E-state index in [0.29, 0.717) is 35.0 Å². The first-order valence-electron chi connectivity index (χ1n) is 12.3. The van der Waals surface area contributed by atoms with E-state index < -0.39 is 0 Å². The van der Waals surface area contributed by atoms with E-state index in [9.17, 15) is 9.90 Å². The normalized spacial score (nSPS) is 16.3. The third-order valence-electron chi connectivity index (χ3n) is 6.97. The van der Waals surface area contributed by atoms with Crippen molar-refractivity contribution in [3.05, 3.63) is 76.3 Å². The van der Waals surface area contributed by atoms with Gasteiger partial charge >= 0.3 is 0 Å². The second kappa shape index (κ2) is 10.4. The highest BCUT2D eigenvalue weighted by Crippen LogP contribution is 2.44. The topological polar surface area (TPSA) is 132 Å². The van der Waals surface area contributed by atoms with Crippen LogP contribution in [0.4, 0.5) is 11.4 Å². The number of guanidine groups is 1. The minimum Gasteiger partial charge on any atom is -0.507 e. The van der Waals surface area contributed by atoms with Gasteiger partial charge in [0.15, 0.2) is 5.96 Å². The minimum absolute atomic E-state index is 0.0670. The molecule has 1 aliphatic heterocycles. The molecule has 1 heterocycles. The van der Waals surface area contributed by atoms with Gasteiger partial charge in [-0.3, -0.25) is 4.79 Å². The standard InChI is InChI=1S/C29H34N4O4/c1-17-18(2)26-24(19(3)25(17)34)12-13-29(4,37-26)14-15-36-23-10-8-21(9-11-23)32-27(35)20-6-5-7-22(16-20)33-28(30)31/h5-11,16,34H,12-15H2,1-4H3,(H,32,35)(H4,30,31,33). The number of benzene rings is 3. The Morgan fingerprint density at radius 3 is 2.54 bits per heavy atom. The summed E-state index contributed by atoms with van der Waals surface area (Å²) in [5.41, 5.74) is 15.9. The molecule has 0 aromatic heterocycles. The Labute approximate surface area is 217 Å². The second-order valence-electron chi connectivity index (χ2n) is 9.75. The van der Waals surface area contributed by atoms with Gasteiger partial charge in [0, 0.05) is 23.2 Å². The molecular weight excluding hydrogens is 468 g/mol. The van der Waals surface area contributed by atoms with Gasteiger partial charge in [0.25, 0.3) is 5.91 Å². The summed E-state index contributed by atoms with van der Waals surface area (Å²) in [7, 11) is 0. The Balaban J connectivity index is 1.33. The smallest absolute Gasteiger partial charge is 0.255 e. The van der Waals surface area contributed by atoms with Crippen LogP contribution in [0.25, 0.3) is 0 Å². The summed E-state index contributed by atoms with van der Waals surface area (Å²) in [5.74, 6) is 1.64. The van der Waals surface area contributed by atoms with Crippen LogP contribution >= 0.6 is 0 Å². The maximum absolute atomic E-state index is 12.6. The quantitative estimate of drug-likeness (QED) is 0.265. The van der Waals surface area contributed by atoms with Crippen molar-refractivity contribution >= 4 is 23.2 Å². The van der Waals surface area contributed by atoms with Crippen LogP contribution in [0.1, 0.15) is 52.4 Å². The van der Waals surface area contributed by atoms with Gasteiger partial charge in [-0.15, -0.1) is 0 Å². The molecule has 0 saturated heterocycles. The van der Waals surface area contributed by atoms with Gasteiger partial charge in [-0.2, -0.15) is 0 Å². The van der Waals surface area contributed by atoms with Gasteiger partial charge in [0.1, 0.15) is 22.8 Å². The zero-order chi connectivity index (χ0) is 26.7. The fraction of sp³-hybridized carbons (Fsp3) is 0.310. The summed E-state index contributed by atoms with van der Waals surface area (Å²) in [6, 6.07) is 14.0. The number of phenolic OH excluding ortho intramolecular Hbond substituents is 1. The number of phenols is 1. The molecular formula is C29H34N4O4. The molecule has 6 N–H and O–H groups in total. The molecule has 1 unspecified atom stereocenters. The van der Waals surface area contributed by atoms with Gasteiger partial charge < -0.3 is 31.4 Å². The van der Waals surface area contributed by atoms with Crippen LogP contribution in [0.5, 0.6) is 17.2 Å². The highest BCUT2D eigenvalue weighted by molar-refractivity contribution is 6.04. The van der Waals surface area contributed by atoms with E-state index in [0.717, 1.165) is 47.3 Å². The average Bonchev–Trinajstić information content (AvgIpc) is 2.87. The number of carbonyl (C=O) groups excluding carboxylic acids is 1. The van der Waals surface area contributed by atoms with Crippen LogP contribution < -0.4 is 26.3 Å². The Bertz CT molecular complexity index is 1350. The summed E-state index contributed by atoms with van der Waals surface area (Å²) in [6.45, 7) is 8.47. The summed E-state index contributed by atoms with van der Waals surface area (Å²) in [6.07, 6.45) is 2.42. The first kappa shape index (κ1) is 25.9. The van der Waals surface area contributed by atoms with E-state index in [1.165, 1.54) is 0 Å². The molecule has 3 aromatic rings. The maximum atomic E-state index is 12.6. The molecule has 8 nitrogen and oxygen atoms in total. The van der Waals surface area contributed by atoms with E-state index >= 15 is 0 Å². The lowest BCUT2D eigenvalue weighted by Crippen LogP contribution is -2.38. The molecule has 37 heavy (non-hydrogen) atoms. The number of anilines is 1. The Hall–Kier alpha value is -4.20. The second-order valence-corrected chi connectivity index (χ2v) is 9.75. The lowest BCUT2D eigenvalue weighted by molar-refractivity contribution is 0.0411. The first-order chi connectivity index (χ1) is 17.6. The highest BCUT2D eigenvalue weighted by atomic mass is 16.5. The molecule has 194 valence electrons. The molecule has 4 rings (SSSR count). The predicted octanol–water partition coefficient (Wildman–Crippen LogP) is 5.03. The van der Waals surface area contributed by atoms with Crippen LogP contribution in [0.3, 0.4) is 0 Å². The van der Waals surface area contributed by atoms with Crippen molar-refractivity contribution in [2.45, 2.75) is 52.6 Å². The maximum Gasteiger partial charge on any atom is 0.255 e. The van der Waals surface area contributed by atoms with Crippen molar-refractivity contribution in [3.63, 3.8) is 0 Å². The Morgan fingerprint density at radius 1 is 1.11 bits per heavy atom.